The predicted octanol–water partition coefficient (Wildman–Crippen LogP) is 1.10. The molecule has 2 bridgehead atoms. The normalized spacial score (nSPS) is 37.6. The smallest absolute Gasteiger partial charge is 0.407 e. The number of rotatable bonds is 3. The number of carbonyl (C=O) groups is 1. The molecule has 3 rings (SSSR count). The molecular formula is C12H21ClN2O3. The monoisotopic (exact) mass is 276 g/mol. The molecule has 0 radical (unpaired) electrons. The fourth-order valence-corrected chi connectivity index (χ4v) is 2.87. The van der Waals surface area contributed by atoms with E-state index in [-0.39, 0.29) is 24.6 Å². The van der Waals surface area contributed by atoms with Crippen molar-refractivity contribution in [3.63, 3.8) is 0 Å². The average molecular weight is 277 g/mol. The lowest BCUT2D eigenvalue weighted by Crippen LogP contribution is -2.68. The van der Waals surface area contributed by atoms with Crippen LogP contribution >= 0.6 is 12.4 Å². The van der Waals surface area contributed by atoms with Crippen molar-refractivity contribution in [1.82, 2.24) is 5.32 Å². The van der Waals surface area contributed by atoms with Gasteiger partial charge in [0, 0.05) is 11.1 Å². The lowest BCUT2D eigenvalue weighted by atomic mass is 9.60. The molecule has 0 heterocycles. The van der Waals surface area contributed by atoms with Crippen LogP contribution in [0.25, 0.3) is 0 Å². The highest BCUT2D eigenvalue weighted by atomic mass is 35.5. The van der Waals surface area contributed by atoms with Gasteiger partial charge in [0.1, 0.15) is 6.61 Å². The number of hydrogen-bond acceptors (Lipinski definition) is 4. The van der Waals surface area contributed by atoms with Gasteiger partial charge in [0.15, 0.2) is 0 Å². The zero-order valence-electron chi connectivity index (χ0n) is 10.4. The second-order valence-electron chi connectivity index (χ2n) is 5.25. The first-order valence-electron chi connectivity index (χ1n) is 6.02. The second-order valence-corrected chi connectivity index (χ2v) is 5.25. The van der Waals surface area contributed by atoms with E-state index in [4.69, 9.17) is 10.5 Å². The van der Waals surface area contributed by atoms with Crippen LogP contribution in [-0.2, 0) is 4.74 Å². The van der Waals surface area contributed by atoms with E-state index in [9.17, 15) is 9.90 Å². The molecule has 1 amide bonds. The van der Waals surface area contributed by atoms with E-state index in [1.54, 1.807) is 0 Å². The van der Waals surface area contributed by atoms with E-state index < -0.39 is 17.7 Å². The summed E-state index contributed by atoms with van der Waals surface area (Å²) < 4.78 is 4.92. The molecule has 0 aliphatic heterocycles. The number of halogens is 1. The van der Waals surface area contributed by atoms with E-state index in [1.807, 2.05) is 0 Å². The highest BCUT2D eigenvalue weighted by molar-refractivity contribution is 5.85. The van der Waals surface area contributed by atoms with Crippen LogP contribution in [-0.4, -0.2) is 35.0 Å². The summed E-state index contributed by atoms with van der Waals surface area (Å²) in [6.45, 7) is 3.68. The third kappa shape index (κ3) is 2.79. The van der Waals surface area contributed by atoms with Crippen molar-refractivity contribution in [3.05, 3.63) is 12.7 Å². The molecule has 6 heteroatoms. The van der Waals surface area contributed by atoms with Crippen molar-refractivity contribution in [1.29, 1.82) is 0 Å². The van der Waals surface area contributed by atoms with Crippen LogP contribution < -0.4 is 11.1 Å². The van der Waals surface area contributed by atoms with Crippen molar-refractivity contribution in [2.75, 3.05) is 6.61 Å². The molecule has 0 spiro atoms. The molecule has 0 unspecified atom stereocenters. The number of hydrogen-bond donors (Lipinski definition) is 3. The Labute approximate surface area is 113 Å². The molecule has 1 atom stereocenters. The van der Waals surface area contributed by atoms with Gasteiger partial charge in [-0.3, -0.25) is 0 Å². The van der Waals surface area contributed by atoms with Crippen LogP contribution in [0, 0.1) is 0 Å². The van der Waals surface area contributed by atoms with Crippen molar-refractivity contribution in [2.24, 2.45) is 5.73 Å². The van der Waals surface area contributed by atoms with Crippen LogP contribution in [0.3, 0.4) is 0 Å². The maximum absolute atomic E-state index is 11.5. The Morgan fingerprint density at radius 3 is 2.61 bits per heavy atom. The summed E-state index contributed by atoms with van der Waals surface area (Å²) in [5.74, 6) is 0. The SMILES string of the molecule is C=CCOC(=O)NC12CCC(N)(CC1)[C@H](O)C2.Cl. The number of alkyl carbamates (subject to hydrolysis) is 1. The third-order valence-corrected chi connectivity index (χ3v) is 4.09. The summed E-state index contributed by atoms with van der Waals surface area (Å²) >= 11 is 0. The zero-order chi connectivity index (χ0) is 12.5. The molecule has 3 aliphatic rings. The average Bonchev–Trinajstić information content (AvgIpc) is 2.29. The van der Waals surface area contributed by atoms with Gasteiger partial charge >= 0.3 is 6.09 Å². The fourth-order valence-electron chi connectivity index (χ4n) is 2.87. The lowest BCUT2D eigenvalue weighted by molar-refractivity contribution is -0.0425. The summed E-state index contributed by atoms with van der Waals surface area (Å²) in [7, 11) is 0. The number of carbonyl (C=O) groups excluding carboxylic acids is 1. The molecule has 18 heavy (non-hydrogen) atoms. The fraction of sp³-hybridized carbons (Fsp3) is 0.750. The van der Waals surface area contributed by atoms with Gasteiger partial charge < -0.3 is 20.9 Å². The Balaban J connectivity index is 0.00000162. The van der Waals surface area contributed by atoms with Crippen LogP contribution in [0.15, 0.2) is 12.7 Å². The van der Waals surface area contributed by atoms with Gasteiger partial charge in [0.25, 0.3) is 0 Å². The standard InChI is InChI=1S/C12H20N2O3.ClH/c1-2-7-17-10(16)14-11-3-5-12(13,6-4-11)9(15)8-11;/h2,9,15H,1,3-8,13H2,(H,14,16);1H/t9-,11?,12?;/m1./s1. The summed E-state index contributed by atoms with van der Waals surface area (Å²) in [6, 6.07) is 0. The Hall–Kier alpha value is -0.780. The molecule has 4 N–H and O–H groups in total. The summed E-state index contributed by atoms with van der Waals surface area (Å²) in [5.41, 5.74) is 5.32. The van der Waals surface area contributed by atoms with Gasteiger partial charge in [-0.1, -0.05) is 12.7 Å². The van der Waals surface area contributed by atoms with E-state index in [1.165, 1.54) is 6.08 Å². The van der Waals surface area contributed by atoms with Crippen molar-refractivity contribution >= 4 is 18.5 Å². The Kier molecular flexibility index (Phi) is 4.64. The topological polar surface area (TPSA) is 84.6 Å². The van der Waals surface area contributed by atoms with E-state index in [0.717, 1.165) is 25.7 Å². The van der Waals surface area contributed by atoms with Crippen LogP contribution in [0.2, 0.25) is 0 Å². The number of amides is 1. The number of aliphatic hydroxyl groups is 1. The number of nitrogens with one attached hydrogen (secondary N) is 1. The number of ether oxygens (including phenoxy) is 1. The minimum Gasteiger partial charge on any atom is -0.445 e. The van der Waals surface area contributed by atoms with Gasteiger partial charge in [-0.05, 0) is 32.1 Å². The van der Waals surface area contributed by atoms with Gasteiger partial charge in [0.05, 0.1) is 6.10 Å². The maximum atomic E-state index is 11.5. The molecule has 3 aliphatic carbocycles. The summed E-state index contributed by atoms with van der Waals surface area (Å²) in [6.07, 6.45) is 4.18. The van der Waals surface area contributed by atoms with Gasteiger partial charge in [-0.25, -0.2) is 4.79 Å². The Bertz CT molecular complexity index is 327. The molecule has 0 aromatic rings. The van der Waals surface area contributed by atoms with Crippen molar-refractivity contribution in [3.8, 4) is 0 Å². The van der Waals surface area contributed by atoms with E-state index in [0.29, 0.717) is 6.42 Å². The zero-order valence-corrected chi connectivity index (χ0v) is 11.2. The van der Waals surface area contributed by atoms with Crippen LogP contribution in [0.1, 0.15) is 32.1 Å². The molecular weight excluding hydrogens is 256 g/mol. The van der Waals surface area contributed by atoms with Crippen LogP contribution in [0.5, 0.6) is 0 Å². The number of aliphatic hydroxyl groups excluding tert-OH is 1. The molecule has 3 fully saturated rings. The first-order valence-corrected chi connectivity index (χ1v) is 6.02. The Morgan fingerprint density at radius 1 is 1.50 bits per heavy atom. The molecule has 104 valence electrons. The second kappa shape index (κ2) is 5.47. The highest BCUT2D eigenvalue weighted by Gasteiger charge is 2.52. The van der Waals surface area contributed by atoms with E-state index in [2.05, 4.69) is 11.9 Å². The van der Waals surface area contributed by atoms with E-state index >= 15 is 0 Å². The molecule has 3 saturated carbocycles. The number of fused-ring (bicyclic) bond motifs is 3. The van der Waals surface area contributed by atoms with Gasteiger partial charge in [-0.15, -0.1) is 12.4 Å². The largest absolute Gasteiger partial charge is 0.445 e. The van der Waals surface area contributed by atoms with Crippen molar-refractivity contribution < 1.29 is 14.6 Å². The van der Waals surface area contributed by atoms with Gasteiger partial charge in [-0.2, -0.15) is 0 Å². The molecule has 0 aromatic heterocycles. The van der Waals surface area contributed by atoms with Gasteiger partial charge in [0.2, 0.25) is 0 Å². The lowest BCUT2D eigenvalue weighted by Gasteiger charge is -2.54. The highest BCUT2D eigenvalue weighted by Crippen LogP contribution is 2.45. The maximum Gasteiger partial charge on any atom is 0.407 e. The number of nitrogens with two attached hydrogens (primary N) is 1. The summed E-state index contributed by atoms with van der Waals surface area (Å²) in [4.78, 5) is 11.5. The summed E-state index contributed by atoms with van der Waals surface area (Å²) in [5, 5.41) is 12.9. The van der Waals surface area contributed by atoms with Crippen molar-refractivity contribution in [2.45, 2.75) is 49.3 Å². The minimum absolute atomic E-state index is 0. The first-order chi connectivity index (χ1) is 8.00. The molecule has 5 nitrogen and oxygen atoms in total. The molecule has 0 aromatic carbocycles. The molecule has 0 saturated heterocycles. The minimum atomic E-state index is -0.537. The third-order valence-electron chi connectivity index (χ3n) is 4.09. The predicted molar refractivity (Wildman–Crippen MR) is 70.7 cm³/mol. The first kappa shape index (κ1) is 15.3. The van der Waals surface area contributed by atoms with Crippen LogP contribution in [0.4, 0.5) is 4.79 Å². The Morgan fingerprint density at radius 2 is 2.11 bits per heavy atom. The quantitative estimate of drug-likeness (QED) is 0.674.